The Morgan fingerprint density at radius 2 is 2.33 bits per heavy atom. The predicted octanol–water partition coefficient (Wildman–Crippen LogP) is 3.15. The van der Waals surface area contributed by atoms with Crippen LogP contribution in [0.3, 0.4) is 0 Å². The molecule has 5 heteroatoms. The van der Waals surface area contributed by atoms with Crippen LogP contribution in [0.25, 0.3) is 0 Å². The van der Waals surface area contributed by atoms with Gasteiger partial charge in [0, 0.05) is 17.8 Å². The van der Waals surface area contributed by atoms with Crippen LogP contribution in [0.1, 0.15) is 44.7 Å². The van der Waals surface area contributed by atoms with Gasteiger partial charge in [0.2, 0.25) is 0 Å². The van der Waals surface area contributed by atoms with E-state index in [9.17, 15) is 4.79 Å². The third-order valence-corrected chi connectivity index (χ3v) is 4.43. The molecule has 4 nitrogen and oxygen atoms in total. The minimum Gasteiger partial charge on any atom is -0.481 e. The number of anilines is 1. The molecule has 0 aromatic carbocycles. The van der Waals surface area contributed by atoms with Crippen LogP contribution in [0.15, 0.2) is 5.38 Å². The predicted molar refractivity (Wildman–Crippen MR) is 73.1 cm³/mol. The Balaban J connectivity index is 1.83. The Hall–Kier alpha value is -1.10. The quantitative estimate of drug-likeness (QED) is 0.832. The highest BCUT2D eigenvalue weighted by molar-refractivity contribution is 7.13. The van der Waals surface area contributed by atoms with Crippen LogP contribution in [0.5, 0.6) is 0 Å². The maximum atomic E-state index is 10.5. The normalized spacial score (nSPS) is 17.8. The summed E-state index contributed by atoms with van der Waals surface area (Å²) in [7, 11) is 0. The van der Waals surface area contributed by atoms with Crippen molar-refractivity contribution >= 4 is 22.4 Å². The van der Waals surface area contributed by atoms with Crippen molar-refractivity contribution in [3.05, 3.63) is 11.1 Å². The zero-order valence-corrected chi connectivity index (χ0v) is 11.5. The molecule has 0 amide bonds. The van der Waals surface area contributed by atoms with E-state index in [2.05, 4.69) is 17.2 Å². The van der Waals surface area contributed by atoms with Crippen molar-refractivity contribution < 1.29 is 9.90 Å². The standard InChI is InChI=1S/C13H20N2O2S/c1-9(10-4-2-3-5-10)14-13-15-11(8-18-13)6-7-12(16)17/h8-10H,2-7H2,1H3,(H,14,15)(H,16,17). The van der Waals surface area contributed by atoms with Gasteiger partial charge in [-0.1, -0.05) is 12.8 Å². The van der Waals surface area contributed by atoms with Crippen LogP contribution in [-0.4, -0.2) is 22.1 Å². The fraction of sp³-hybridized carbons (Fsp3) is 0.692. The van der Waals surface area contributed by atoms with Crippen molar-refractivity contribution in [3.63, 3.8) is 0 Å². The van der Waals surface area contributed by atoms with Crippen molar-refractivity contribution in [1.29, 1.82) is 0 Å². The first kappa shape index (κ1) is 13.3. The molecule has 1 fully saturated rings. The SMILES string of the molecule is CC(Nc1nc(CCC(=O)O)cs1)C1CCCC1. The first-order valence-corrected chi connectivity index (χ1v) is 7.46. The van der Waals surface area contributed by atoms with E-state index in [0.29, 0.717) is 12.5 Å². The van der Waals surface area contributed by atoms with E-state index in [1.54, 1.807) is 11.3 Å². The average Bonchev–Trinajstić information content (AvgIpc) is 2.97. The lowest BCUT2D eigenvalue weighted by Crippen LogP contribution is -2.23. The van der Waals surface area contributed by atoms with Crippen LogP contribution in [0.2, 0.25) is 0 Å². The molecule has 1 aliphatic carbocycles. The lowest BCUT2D eigenvalue weighted by molar-refractivity contribution is -0.136. The van der Waals surface area contributed by atoms with E-state index in [0.717, 1.165) is 16.7 Å². The lowest BCUT2D eigenvalue weighted by Gasteiger charge is -2.19. The van der Waals surface area contributed by atoms with Crippen LogP contribution in [0, 0.1) is 5.92 Å². The number of carboxylic acid groups (broad SMARTS) is 1. The third-order valence-electron chi connectivity index (χ3n) is 3.60. The van der Waals surface area contributed by atoms with E-state index in [4.69, 9.17) is 5.11 Å². The minimum absolute atomic E-state index is 0.154. The van der Waals surface area contributed by atoms with Crippen LogP contribution < -0.4 is 5.32 Å². The summed E-state index contributed by atoms with van der Waals surface area (Å²) in [5, 5.41) is 15.0. The molecule has 1 unspecified atom stereocenters. The smallest absolute Gasteiger partial charge is 0.303 e. The molecule has 1 aromatic rings. The molecule has 18 heavy (non-hydrogen) atoms. The Morgan fingerprint density at radius 1 is 1.61 bits per heavy atom. The van der Waals surface area contributed by atoms with Crippen molar-refractivity contribution in [2.45, 2.75) is 51.5 Å². The van der Waals surface area contributed by atoms with Gasteiger partial charge >= 0.3 is 5.97 Å². The summed E-state index contributed by atoms with van der Waals surface area (Å²) in [4.78, 5) is 14.9. The van der Waals surface area contributed by atoms with Gasteiger partial charge in [0.25, 0.3) is 0 Å². The third kappa shape index (κ3) is 3.70. The topological polar surface area (TPSA) is 62.2 Å². The fourth-order valence-electron chi connectivity index (χ4n) is 2.49. The maximum absolute atomic E-state index is 10.5. The van der Waals surface area contributed by atoms with Crippen molar-refractivity contribution in [2.75, 3.05) is 5.32 Å². The van der Waals surface area contributed by atoms with E-state index >= 15 is 0 Å². The number of carbonyl (C=O) groups is 1. The number of nitrogens with one attached hydrogen (secondary N) is 1. The maximum Gasteiger partial charge on any atom is 0.303 e. The molecule has 1 aliphatic rings. The van der Waals surface area contributed by atoms with Gasteiger partial charge < -0.3 is 10.4 Å². The second-order valence-electron chi connectivity index (χ2n) is 5.02. The average molecular weight is 268 g/mol. The van der Waals surface area contributed by atoms with Crippen molar-refractivity contribution in [1.82, 2.24) is 4.98 Å². The number of aryl methyl sites for hydroxylation is 1. The Morgan fingerprint density at radius 3 is 3.00 bits per heavy atom. The van der Waals surface area contributed by atoms with E-state index in [1.165, 1.54) is 25.7 Å². The molecule has 1 aromatic heterocycles. The van der Waals surface area contributed by atoms with E-state index in [1.807, 2.05) is 5.38 Å². The molecule has 2 rings (SSSR count). The molecule has 2 N–H and O–H groups in total. The Bertz CT molecular complexity index is 399. The van der Waals surface area contributed by atoms with Gasteiger partial charge in [0.05, 0.1) is 12.1 Å². The molecule has 1 heterocycles. The highest BCUT2D eigenvalue weighted by Gasteiger charge is 2.21. The fourth-order valence-corrected chi connectivity index (χ4v) is 3.34. The first-order valence-electron chi connectivity index (χ1n) is 6.58. The highest BCUT2D eigenvalue weighted by atomic mass is 32.1. The molecule has 0 spiro atoms. The van der Waals surface area contributed by atoms with Gasteiger partial charge in [-0.05, 0) is 25.7 Å². The van der Waals surface area contributed by atoms with Gasteiger partial charge in [-0.25, -0.2) is 4.98 Å². The number of hydrogen-bond acceptors (Lipinski definition) is 4. The molecular formula is C13H20N2O2S. The number of aliphatic carboxylic acids is 1. The summed E-state index contributed by atoms with van der Waals surface area (Å²) >= 11 is 1.57. The number of thiazole rings is 1. The minimum atomic E-state index is -0.767. The summed E-state index contributed by atoms with van der Waals surface area (Å²) in [6.07, 6.45) is 5.99. The Kier molecular flexibility index (Phi) is 4.58. The molecule has 0 aliphatic heterocycles. The number of hydrogen-bond donors (Lipinski definition) is 2. The zero-order valence-electron chi connectivity index (χ0n) is 10.7. The summed E-state index contributed by atoms with van der Waals surface area (Å²) in [6, 6.07) is 0.464. The molecule has 1 atom stereocenters. The second kappa shape index (κ2) is 6.18. The summed E-state index contributed by atoms with van der Waals surface area (Å²) in [5.41, 5.74) is 0.878. The van der Waals surface area contributed by atoms with Gasteiger partial charge in [-0.2, -0.15) is 0 Å². The van der Waals surface area contributed by atoms with E-state index < -0.39 is 5.97 Å². The van der Waals surface area contributed by atoms with Crippen LogP contribution in [-0.2, 0) is 11.2 Å². The molecule has 0 radical (unpaired) electrons. The Labute approximate surface area is 111 Å². The van der Waals surface area contributed by atoms with Gasteiger partial charge in [-0.15, -0.1) is 11.3 Å². The summed E-state index contributed by atoms with van der Waals surface area (Å²) < 4.78 is 0. The number of carboxylic acids is 1. The summed E-state index contributed by atoms with van der Waals surface area (Å²) in [6.45, 7) is 2.22. The van der Waals surface area contributed by atoms with Gasteiger partial charge in [-0.3, -0.25) is 4.79 Å². The lowest BCUT2D eigenvalue weighted by atomic mass is 10.0. The largest absolute Gasteiger partial charge is 0.481 e. The monoisotopic (exact) mass is 268 g/mol. The highest BCUT2D eigenvalue weighted by Crippen LogP contribution is 2.29. The van der Waals surface area contributed by atoms with Crippen LogP contribution in [0.4, 0.5) is 5.13 Å². The number of rotatable bonds is 6. The van der Waals surface area contributed by atoms with Gasteiger partial charge in [0.15, 0.2) is 5.13 Å². The number of aromatic nitrogens is 1. The first-order chi connectivity index (χ1) is 8.65. The molecule has 0 saturated heterocycles. The van der Waals surface area contributed by atoms with Crippen molar-refractivity contribution in [3.8, 4) is 0 Å². The number of nitrogens with zero attached hydrogens (tertiary/aromatic N) is 1. The zero-order chi connectivity index (χ0) is 13.0. The molecular weight excluding hydrogens is 248 g/mol. The molecule has 100 valence electrons. The molecule has 1 saturated carbocycles. The van der Waals surface area contributed by atoms with E-state index in [-0.39, 0.29) is 6.42 Å². The second-order valence-corrected chi connectivity index (χ2v) is 5.87. The summed E-state index contributed by atoms with van der Waals surface area (Å²) in [5.74, 6) is -0.00629. The van der Waals surface area contributed by atoms with Crippen molar-refractivity contribution in [2.24, 2.45) is 5.92 Å². The molecule has 0 bridgehead atoms. The van der Waals surface area contributed by atoms with Gasteiger partial charge in [0.1, 0.15) is 0 Å². The van der Waals surface area contributed by atoms with Crippen LogP contribution >= 0.6 is 11.3 Å².